The molecule has 1 N–H and O–H groups in total. The molecule has 0 radical (unpaired) electrons. The van der Waals surface area contributed by atoms with Crippen molar-refractivity contribution in [2.24, 2.45) is 0 Å². The van der Waals surface area contributed by atoms with E-state index in [9.17, 15) is 4.57 Å². The maximum Gasteiger partial charge on any atom is 0.474 e. The van der Waals surface area contributed by atoms with Crippen LogP contribution in [0.4, 0.5) is 0 Å². The van der Waals surface area contributed by atoms with Gasteiger partial charge in [-0.15, -0.1) is 0 Å². The highest BCUT2D eigenvalue weighted by Crippen LogP contribution is 2.49. The Morgan fingerprint density at radius 3 is 1.79 bits per heavy atom. The second kappa shape index (κ2) is 8.38. The lowest BCUT2D eigenvalue weighted by Gasteiger charge is -2.16. The minimum Gasteiger partial charge on any atom is -0.394 e. The minimum absolute atomic E-state index is 0.0370. The van der Waals surface area contributed by atoms with Crippen molar-refractivity contribution in [2.45, 2.75) is 26.7 Å². The lowest BCUT2D eigenvalue weighted by atomic mass is 10.5. The van der Waals surface area contributed by atoms with Gasteiger partial charge in [-0.1, -0.05) is 13.8 Å². The summed E-state index contributed by atoms with van der Waals surface area (Å²) in [5, 5.41) is 8.52. The van der Waals surface area contributed by atoms with Crippen molar-refractivity contribution in [3.8, 4) is 0 Å². The van der Waals surface area contributed by atoms with Crippen LogP contribution in [0.2, 0.25) is 0 Å². The summed E-state index contributed by atoms with van der Waals surface area (Å²) < 4.78 is 26.5. The first-order valence-corrected chi connectivity index (χ1v) is 6.29. The van der Waals surface area contributed by atoms with Gasteiger partial charge in [0.15, 0.2) is 0 Å². The Hall–Kier alpha value is 0.0700. The van der Waals surface area contributed by atoms with Crippen LogP contribution in [0, 0.1) is 0 Å². The number of aliphatic hydroxyl groups excluding tert-OH is 1. The molecule has 86 valence electrons. The van der Waals surface area contributed by atoms with E-state index < -0.39 is 7.82 Å². The van der Waals surface area contributed by atoms with Crippen LogP contribution < -0.4 is 0 Å². The van der Waals surface area contributed by atoms with E-state index in [2.05, 4.69) is 0 Å². The van der Waals surface area contributed by atoms with E-state index in [0.29, 0.717) is 13.2 Å². The van der Waals surface area contributed by atoms with Crippen LogP contribution in [0.15, 0.2) is 0 Å². The predicted octanol–water partition coefficient (Wildman–Crippen LogP) is 1.96. The highest BCUT2D eigenvalue weighted by molar-refractivity contribution is 7.48. The Balaban J connectivity index is 3.97. The summed E-state index contributed by atoms with van der Waals surface area (Å²) in [6.07, 6.45) is 1.48. The third-order valence-electron chi connectivity index (χ3n) is 1.25. The maximum absolute atomic E-state index is 11.7. The second-order valence-electron chi connectivity index (χ2n) is 2.67. The van der Waals surface area contributed by atoms with Crippen molar-refractivity contribution in [1.29, 1.82) is 0 Å². The Kier molecular flexibility index (Phi) is 8.43. The van der Waals surface area contributed by atoms with Gasteiger partial charge >= 0.3 is 7.82 Å². The molecule has 0 fully saturated rings. The van der Waals surface area contributed by atoms with Crippen molar-refractivity contribution in [1.82, 2.24) is 0 Å². The number of hydrogen-bond acceptors (Lipinski definition) is 5. The summed E-state index contributed by atoms with van der Waals surface area (Å²) in [5.74, 6) is 0. The minimum atomic E-state index is -3.43. The van der Waals surface area contributed by atoms with Crippen molar-refractivity contribution >= 4 is 7.82 Å². The van der Waals surface area contributed by atoms with Crippen LogP contribution in [0.1, 0.15) is 26.7 Å². The quantitative estimate of drug-likeness (QED) is 0.609. The van der Waals surface area contributed by atoms with Gasteiger partial charge in [0, 0.05) is 0 Å². The van der Waals surface area contributed by atoms with Crippen LogP contribution in [-0.4, -0.2) is 31.5 Å². The van der Waals surface area contributed by atoms with Gasteiger partial charge < -0.3 is 5.11 Å². The van der Waals surface area contributed by atoms with Crippen LogP contribution in [0.3, 0.4) is 0 Å². The third kappa shape index (κ3) is 6.51. The molecular formula is C8H19O5P. The fraction of sp³-hybridized carbons (Fsp3) is 1.00. The van der Waals surface area contributed by atoms with Gasteiger partial charge in [-0.2, -0.15) is 0 Å². The van der Waals surface area contributed by atoms with Gasteiger partial charge in [-0.05, 0) is 12.8 Å². The van der Waals surface area contributed by atoms with Gasteiger partial charge in [0.1, 0.15) is 0 Å². The molecule has 0 aliphatic heterocycles. The molecule has 0 heterocycles. The Morgan fingerprint density at radius 1 is 1.00 bits per heavy atom. The van der Waals surface area contributed by atoms with Crippen molar-refractivity contribution in [3.63, 3.8) is 0 Å². The molecule has 0 spiro atoms. The molecule has 0 aromatic carbocycles. The molecule has 0 atom stereocenters. The second-order valence-corrected chi connectivity index (χ2v) is 4.34. The number of rotatable bonds is 9. The Bertz CT molecular complexity index is 145. The van der Waals surface area contributed by atoms with Crippen LogP contribution in [0.25, 0.3) is 0 Å². The highest BCUT2D eigenvalue weighted by atomic mass is 31.2. The molecule has 0 aromatic rings. The van der Waals surface area contributed by atoms with Crippen molar-refractivity contribution < 1.29 is 23.2 Å². The highest BCUT2D eigenvalue weighted by Gasteiger charge is 2.25. The molecule has 0 aromatic heterocycles. The first-order chi connectivity index (χ1) is 6.68. The molecule has 6 heteroatoms. The Morgan fingerprint density at radius 2 is 1.43 bits per heavy atom. The standard InChI is InChI=1S/C8H19O5P/c1-3-6-11-14(10,12-7-4-2)13-8-5-9/h9H,3-8H2,1-2H3. The summed E-state index contributed by atoms with van der Waals surface area (Å²) in [5.41, 5.74) is 0. The fourth-order valence-electron chi connectivity index (χ4n) is 0.671. The molecule has 0 bridgehead atoms. The first-order valence-electron chi connectivity index (χ1n) is 4.83. The van der Waals surface area contributed by atoms with E-state index in [1.807, 2.05) is 13.8 Å². The summed E-state index contributed by atoms with van der Waals surface area (Å²) in [6.45, 7) is 4.21. The molecule has 0 aliphatic carbocycles. The van der Waals surface area contributed by atoms with E-state index in [1.54, 1.807) is 0 Å². The summed E-state index contributed by atoms with van der Waals surface area (Å²) in [6, 6.07) is 0. The van der Waals surface area contributed by atoms with Gasteiger partial charge in [0.05, 0.1) is 26.4 Å². The van der Waals surface area contributed by atoms with Crippen LogP contribution >= 0.6 is 7.82 Å². The van der Waals surface area contributed by atoms with Gasteiger partial charge in [0.2, 0.25) is 0 Å². The van der Waals surface area contributed by atoms with E-state index >= 15 is 0 Å². The van der Waals surface area contributed by atoms with Crippen LogP contribution in [0.5, 0.6) is 0 Å². The monoisotopic (exact) mass is 226 g/mol. The SMILES string of the molecule is CCCOP(=O)(OCCC)OCCO. The van der Waals surface area contributed by atoms with Crippen molar-refractivity contribution in [2.75, 3.05) is 26.4 Å². The molecular weight excluding hydrogens is 207 g/mol. The largest absolute Gasteiger partial charge is 0.474 e. The van der Waals surface area contributed by atoms with E-state index in [0.717, 1.165) is 12.8 Å². The zero-order valence-corrected chi connectivity index (χ0v) is 9.66. The molecule has 5 nitrogen and oxygen atoms in total. The average Bonchev–Trinajstić information content (AvgIpc) is 2.21. The van der Waals surface area contributed by atoms with Crippen LogP contribution in [-0.2, 0) is 18.1 Å². The van der Waals surface area contributed by atoms with Gasteiger partial charge in [0.25, 0.3) is 0 Å². The topological polar surface area (TPSA) is 65.0 Å². The summed E-state index contributed by atoms with van der Waals surface area (Å²) in [4.78, 5) is 0. The first kappa shape index (κ1) is 14.1. The molecule has 0 aliphatic rings. The zero-order valence-electron chi connectivity index (χ0n) is 8.77. The number of phosphoric acid groups is 1. The lowest BCUT2D eigenvalue weighted by molar-refractivity contribution is 0.0960. The Labute approximate surface area is 85.0 Å². The summed E-state index contributed by atoms with van der Waals surface area (Å²) in [7, 11) is -3.43. The summed E-state index contributed by atoms with van der Waals surface area (Å²) >= 11 is 0. The third-order valence-corrected chi connectivity index (χ3v) is 2.74. The van der Waals surface area contributed by atoms with E-state index in [4.69, 9.17) is 18.7 Å². The molecule has 0 saturated carbocycles. The molecule has 14 heavy (non-hydrogen) atoms. The van der Waals surface area contributed by atoms with E-state index in [-0.39, 0.29) is 13.2 Å². The molecule has 0 amide bonds. The number of phosphoric ester groups is 1. The molecule has 0 rings (SSSR count). The zero-order chi connectivity index (χ0) is 10.9. The van der Waals surface area contributed by atoms with E-state index in [1.165, 1.54) is 0 Å². The average molecular weight is 226 g/mol. The maximum atomic E-state index is 11.7. The van der Waals surface area contributed by atoms with Gasteiger partial charge in [-0.3, -0.25) is 13.6 Å². The fourth-order valence-corrected chi connectivity index (χ4v) is 2.01. The lowest BCUT2D eigenvalue weighted by Crippen LogP contribution is -2.05. The number of hydrogen-bond donors (Lipinski definition) is 1. The molecule has 0 unspecified atom stereocenters. The molecule has 0 saturated heterocycles. The van der Waals surface area contributed by atoms with Gasteiger partial charge in [-0.25, -0.2) is 4.57 Å². The predicted molar refractivity (Wildman–Crippen MR) is 53.1 cm³/mol. The smallest absolute Gasteiger partial charge is 0.394 e. The number of aliphatic hydroxyl groups is 1. The normalized spacial score (nSPS) is 11.9. The van der Waals surface area contributed by atoms with Crippen molar-refractivity contribution in [3.05, 3.63) is 0 Å².